The lowest BCUT2D eigenvalue weighted by Crippen LogP contribution is -2.52. The molecule has 1 aliphatic heterocycles. The van der Waals surface area contributed by atoms with Crippen molar-refractivity contribution < 1.29 is 0 Å². The summed E-state index contributed by atoms with van der Waals surface area (Å²) in [7, 11) is 0. The van der Waals surface area contributed by atoms with Crippen molar-refractivity contribution in [2.24, 2.45) is 11.7 Å². The average Bonchev–Trinajstić information content (AvgIpc) is 2.59. The van der Waals surface area contributed by atoms with Crippen molar-refractivity contribution in [3.63, 3.8) is 0 Å². The fraction of sp³-hybridized carbons (Fsp3) is 1.00. The second kappa shape index (κ2) is 4.86. The third kappa shape index (κ3) is 2.44. The number of hydrogen-bond acceptors (Lipinski definition) is 3. The Kier molecular flexibility index (Phi) is 3.74. The molecule has 0 radical (unpaired) electrons. The van der Waals surface area contributed by atoms with E-state index in [0.29, 0.717) is 0 Å². The van der Waals surface area contributed by atoms with Crippen LogP contribution >= 0.6 is 11.8 Å². The fourth-order valence-corrected chi connectivity index (χ4v) is 3.74. The van der Waals surface area contributed by atoms with Crippen LogP contribution in [-0.4, -0.2) is 30.1 Å². The van der Waals surface area contributed by atoms with Gasteiger partial charge in [0.15, 0.2) is 0 Å². The lowest BCUT2D eigenvalue weighted by Gasteiger charge is -2.31. The van der Waals surface area contributed by atoms with Crippen LogP contribution in [0.5, 0.6) is 0 Å². The molecule has 2 nitrogen and oxygen atoms in total. The Labute approximate surface area is 91.4 Å². The smallest absolute Gasteiger partial charge is 0.0403 e. The molecule has 0 amide bonds. The molecule has 1 saturated carbocycles. The van der Waals surface area contributed by atoms with Gasteiger partial charge in [-0.15, -0.1) is 0 Å². The van der Waals surface area contributed by atoms with E-state index in [1.165, 1.54) is 50.2 Å². The summed E-state index contributed by atoms with van der Waals surface area (Å²) in [5.41, 5.74) is 6.14. The summed E-state index contributed by atoms with van der Waals surface area (Å²) in [4.78, 5) is 0. The van der Waals surface area contributed by atoms with Gasteiger partial charge >= 0.3 is 0 Å². The maximum Gasteiger partial charge on any atom is 0.0403 e. The van der Waals surface area contributed by atoms with Crippen molar-refractivity contribution in [1.82, 2.24) is 5.32 Å². The second-order valence-electron chi connectivity index (χ2n) is 4.80. The predicted molar refractivity (Wildman–Crippen MR) is 63.7 cm³/mol. The zero-order chi connectivity index (χ0) is 9.86. The Morgan fingerprint density at radius 1 is 1.43 bits per heavy atom. The summed E-state index contributed by atoms with van der Waals surface area (Å²) in [6, 6.07) is 0. The van der Waals surface area contributed by atoms with Crippen LogP contribution in [0.25, 0.3) is 0 Å². The van der Waals surface area contributed by atoms with Gasteiger partial charge in [0.1, 0.15) is 0 Å². The van der Waals surface area contributed by atoms with E-state index >= 15 is 0 Å². The summed E-state index contributed by atoms with van der Waals surface area (Å²) >= 11 is 2.04. The Balaban J connectivity index is 1.66. The summed E-state index contributed by atoms with van der Waals surface area (Å²) in [6.45, 7) is 1.99. The van der Waals surface area contributed by atoms with Gasteiger partial charge in [-0.2, -0.15) is 11.8 Å². The van der Waals surface area contributed by atoms with Crippen LogP contribution in [0.2, 0.25) is 0 Å². The quantitative estimate of drug-likeness (QED) is 0.730. The molecule has 2 fully saturated rings. The van der Waals surface area contributed by atoms with E-state index < -0.39 is 0 Å². The molecule has 0 aromatic rings. The summed E-state index contributed by atoms with van der Waals surface area (Å²) < 4.78 is 0. The summed E-state index contributed by atoms with van der Waals surface area (Å²) in [5, 5.41) is 3.70. The highest BCUT2D eigenvalue weighted by atomic mass is 32.2. The monoisotopic (exact) mass is 214 g/mol. The lowest BCUT2D eigenvalue weighted by atomic mass is 9.83. The van der Waals surface area contributed by atoms with Crippen LogP contribution in [0.3, 0.4) is 0 Å². The van der Waals surface area contributed by atoms with Crippen molar-refractivity contribution in [2.75, 3.05) is 24.6 Å². The van der Waals surface area contributed by atoms with Gasteiger partial charge < -0.3 is 11.1 Å². The molecule has 3 N–H and O–H groups in total. The molecule has 0 bridgehead atoms. The van der Waals surface area contributed by atoms with E-state index in [1.54, 1.807) is 0 Å². The first-order valence-corrected chi connectivity index (χ1v) is 7.03. The minimum Gasteiger partial charge on any atom is -0.329 e. The number of nitrogens with two attached hydrogens (primary N) is 1. The molecule has 0 aromatic carbocycles. The Hall–Kier alpha value is 0.270. The zero-order valence-electron chi connectivity index (χ0n) is 8.93. The first-order chi connectivity index (χ1) is 6.85. The Morgan fingerprint density at radius 2 is 2.29 bits per heavy atom. The SMILES string of the molecule is NCC1(NCCC2CCC2)CCSC1. The van der Waals surface area contributed by atoms with Crippen LogP contribution in [-0.2, 0) is 0 Å². The van der Waals surface area contributed by atoms with E-state index in [4.69, 9.17) is 5.73 Å². The van der Waals surface area contributed by atoms with Crippen molar-refractivity contribution in [1.29, 1.82) is 0 Å². The average molecular weight is 214 g/mol. The van der Waals surface area contributed by atoms with Gasteiger partial charge in [0.2, 0.25) is 0 Å². The van der Waals surface area contributed by atoms with E-state index in [9.17, 15) is 0 Å². The zero-order valence-corrected chi connectivity index (χ0v) is 9.74. The molecule has 0 spiro atoms. The van der Waals surface area contributed by atoms with Crippen LogP contribution in [0, 0.1) is 5.92 Å². The normalized spacial score (nSPS) is 33.2. The first-order valence-electron chi connectivity index (χ1n) is 5.87. The Morgan fingerprint density at radius 3 is 2.79 bits per heavy atom. The first kappa shape index (κ1) is 10.8. The maximum atomic E-state index is 5.86. The van der Waals surface area contributed by atoms with E-state index in [2.05, 4.69) is 5.32 Å². The molecule has 3 heteroatoms. The molecule has 1 atom stereocenters. The number of hydrogen-bond donors (Lipinski definition) is 2. The van der Waals surface area contributed by atoms with Crippen molar-refractivity contribution in [2.45, 2.75) is 37.6 Å². The van der Waals surface area contributed by atoms with Gasteiger partial charge in [-0.3, -0.25) is 0 Å². The summed E-state index contributed by atoms with van der Waals surface area (Å²) in [5.74, 6) is 3.52. The Bertz CT molecular complexity index is 174. The maximum absolute atomic E-state index is 5.86. The predicted octanol–water partition coefficient (Wildman–Crippen LogP) is 1.60. The van der Waals surface area contributed by atoms with Crippen LogP contribution in [0.1, 0.15) is 32.1 Å². The molecule has 82 valence electrons. The fourth-order valence-electron chi connectivity index (χ4n) is 2.30. The molecule has 1 unspecified atom stereocenters. The van der Waals surface area contributed by atoms with Gasteiger partial charge in [-0.25, -0.2) is 0 Å². The van der Waals surface area contributed by atoms with Crippen LogP contribution in [0.4, 0.5) is 0 Å². The van der Waals surface area contributed by atoms with Crippen molar-refractivity contribution >= 4 is 11.8 Å². The van der Waals surface area contributed by atoms with Gasteiger partial charge in [-0.1, -0.05) is 19.3 Å². The standard InChI is InChI=1S/C11H22N2S/c12-8-11(5-7-14-9-11)13-6-4-10-2-1-3-10/h10,13H,1-9,12H2. The van der Waals surface area contributed by atoms with E-state index in [0.717, 1.165) is 12.5 Å². The molecule has 2 rings (SSSR count). The van der Waals surface area contributed by atoms with Gasteiger partial charge in [0.05, 0.1) is 0 Å². The van der Waals surface area contributed by atoms with Crippen LogP contribution < -0.4 is 11.1 Å². The largest absolute Gasteiger partial charge is 0.329 e. The molecule has 0 aromatic heterocycles. The minimum absolute atomic E-state index is 0.286. The van der Waals surface area contributed by atoms with E-state index in [-0.39, 0.29) is 5.54 Å². The van der Waals surface area contributed by atoms with Crippen molar-refractivity contribution in [3.05, 3.63) is 0 Å². The molecule has 1 heterocycles. The lowest BCUT2D eigenvalue weighted by molar-refractivity contribution is 0.272. The highest BCUT2D eigenvalue weighted by molar-refractivity contribution is 7.99. The van der Waals surface area contributed by atoms with Gasteiger partial charge in [0.25, 0.3) is 0 Å². The summed E-state index contributed by atoms with van der Waals surface area (Å²) in [6.07, 6.45) is 7.02. The highest BCUT2D eigenvalue weighted by Crippen LogP contribution is 2.30. The molecule has 14 heavy (non-hydrogen) atoms. The van der Waals surface area contributed by atoms with Crippen molar-refractivity contribution in [3.8, 4) is 0 Å². The molecular weight excluding hydrogens is 192 g/mol. The second-order valence-corrected chi connectivity index (χ2v) is 5.90. The van der Waals surface area contributed by atoms with E-state index in [1.807, 2.05) is 11.8 Å². The molecule has 1 aliphatic carbocycles. The third-order valence-electron chi connectivity index (χ3n) is 3.77. The minimum atomic E-state index is 0.286. The van der Waals surface area contributed by atoms with Crippen LogP contribution in [0.15, 0.2) is 0 Å². The topological polar surface area (TPSA) is 38.0 Å². The third-order valence-corrected chi connectivity index (χ3v) is 5.02. The highest BCUT2D eigenvalue weighted by Gasteiger charge is 2.32. The van der Waals surface area contributed by atoms with Gasteiger partial charge in [0, 0.05) is 17.8 Å². The number of nitrogens with one attached hydrogen (secondary N) is 1. The molecule has 2 aliphatic rings. The molecular formula is C11H22N2S. The number of rotatable bonds is 5. The van der Waals surface area contributed by atoms with Gasteiger partial charge in [-0.05, 0) is 31.1 Å². The number of thioether (sulfide) groups is 1. The molecule has 1 saturated heterocycles.